The quantitative estimate of drug-likeness (QED) is 0.701. The lowest BCUT2D eigenvalue weighted by Gasteiger charge is -2.25. The molecule has 0 amide bonds. The first kappa shape index (κ1) is 20.5. The Bertz CT molecular complexity index is 790. The maximum absolute atomic E-state index is 10.6. The van der Waals surface area contributed by atoms with Crippen molar-refractivity contribution in [1.29, 1.82) is 0 Å². The molecule has 28 heavy (non-hydrogen) atoms. The van der Waals surface area contributed by atoms with Crippen LogP contribution in [0.4, 0.5) is 5.69 Å². The molecule has 1 aromatic carbocycles. The lowest BCUT2D eigenvalue weighted by Crippen LogP contribution is -2.24. The molecule has 148 valence electrons. The summed E-state index contributed by atoms with van der Waals surface area (Å²) >= 11 is 5.91. The summed E-state index contributed by atoms with van der Waals surface area (Å²) in [4.78, 5) is 21.2. The molecular formula is C22H26ClN3O2. The van der Waals surface area contributed by atoms with Crippen molar-refractivity contribution in [3.8, 4) is 5.88 Å². The standard InChI is InChI=1S/C12H15NO2.C10H11ClN2/c14-9-10-4-6-11(7-5-10)15-12-3-1-2-8-13-12;1-13-5-4-12-10-3-2-9(11)6-8(10)7-13/h1-3,8-11H,4-7H2;2-4,6H,5,7H2,1H3/t10-,11-;. The number of carbonyl (C=O) groups is 1. The monoisotopic (exact) mass is 399 g/mol. The van der Waals surface area contributed by atoms with Gasteiger partial charge in [0.15, 0.2) is 0 Å². The van der Waals surface area contributed by atoms with Gasteiger partial charge in [0.2, 0.25) is 5.88 Å². The van der Waals surface area contributed by atoms with Gasteiger partial charge in [-0.25, -0.2) is 4.98 Å². The minimum absolute atomic E-state index is 0.232. The van der Waals surface area contributed by atoms with Crippen molar-refractivity contribution in [3.05, 3.63) is 53.2 Å². The second-order valence-corrected chi connectivity index (χ2v) is 7.68. The molecule has 2 heterocycles. The zero-order chi connectivity index (χ0) is 19.8. The predicted octanol–water partition coefficient (Wildman–Crippen LogP) is 4.71. The SMILES string of the molecule is CN1CC=Nc2ccc(Cl)cc2C1.O=C[C@H]1CC[C@H](Oc2ccccn2)CC1. The Morgan fingerprint density at radius 3 is 2.71 bits per heavy atom. The van der Waals surface area contributed by atoms with E-state index in [1.165, 1.54) is 5.56 Å². The molecule has 1 aromatic heterocycles. The maximum Gasteiger partial charge on any atom is 0.213 e. The number of ether oxygens (including phenoxy) is 1. The summed E-state index contributed by atoms with van der Waals surface area (Å²) in [7, 11) is 2.07. The summed E-state index contributed by atoms with van der Waals surface area (Å²) in [6.07, 6.45) is 8.77. The van der Waals surface area contributed by atoms with Crippen molar-refractivity contribution >= 4 is 29.8 Å². The van der Waals surface area contributed by atoms with Crippen LogP contribution in [0.2, 0.25) is 5.02 Å². The first-order valence-corrected chi connectivity index (χ1v) is 10.0. The van der Waals surface area contributed by atoms with E-state index in [-0.39, 0.29) is 12.0 Å². The smallest absolute Gasteiger partial charge is 0.213 e. The number of hydrogen-bond donors (Lipinski definition) is 0. The van der Waals surface area contributed by atoms with Gasteiger partial charge in [-0.3, -0.25) is 9.89 Å². The molecule has 0 spiro atoms. The number of fused-ring (bicyclic) bond motifs is 1. The van der Waals surface area contributed by atoms with Crippen LogP contribution in [0.25, 0.3) is 0 Å². The number of aromatic nitrogens is 1. The Balaban J connectivity index is 0.000000162. The van der Waals surface area contributed by atoms with E-state index in [4.69, 9.17) is 16.3 Å². The van der Waals surface area contributed by atoms with Crippen molar-refractivity contribution in [2.24, 2.45) is 10.9 Å². The molecule has 1 fully saturated rings. The zero-order valence-electron chi connectivity index (χ0n) is 16.1. The highest BCUT2D eigenvalue weighted by atomic mass is 35.5. The first-order chi connectivity index (χ1) is 13.6. The molecule has 0 saturated heterocycles. The van der Waals surface area contributed by atoms with E-state index in [0.717, 1.165) is 55.8 Å². The highest BCUT2D eigenvalue weighted by Gasteiger charge is 2.21. The van der Waals surface area contributed by atoms with E-state index in [0.29, 0.717) is 5.88 Å². The average molecular weight is 400 g/mol. The van der Waals surface area contributed by atoms with E-state index in [1.54, 1.807) is 6.20 Å². The van der Waals surface area contributed by atoms with E-state index in [1.807, 2.05) is 42.6 Å². The van der Waals surface area contributed by atoms with Crippen LogP contribution in [0.3, 0.4) is 0 Å². The molecule has 6 heteroatoms. The molecule has 2 aliphatic rings. The summed E-state index contributed by atoms with van der Waals surface area (Å²) in [5, 5.41) is 0.782. The number of halogens is 1. The van der Waals surface area contributed by atoms with Gasteiger partial charge in [-0.1, -0.05) is 17.7 Å². The van der Waals surface area contributed by atoms with Gasteiger partial charge in [0.25, 0.3) is 0 Å². The highest BCUT2D eigenvalue weighted by Crippen LogP contribution is 2.26. The Morgan fingerprint density at radius 2 is 2.00 bits per heavy atom. The topological polar surface area (TPSA) is 54.8 Å². The van der Waals surface area contributed by atoms with Crippen LogP contribution in [0.1, 0.15) is 31.2 Å². The molecule has 0 unspecified atom stereocenters. The van der Waals surface area contributed by atoms with Crippen LogP contribution in [0, 0.1) is 5.92 Å². The van der Waals surface area contributed by atoms with Crippen LogP contribution in [-0.4, -0.2) is 42.1 Å². The second kappa shape index (κ2) is 10.3. The van der Waals surface area contributed by atoms with Crippen molar-refractivity contribution in [2.75, 3.05) is 13.6 Å². The van der Waals surface area contributed by atoms with Gasteiger partial charge in [0.05, 0.1) is 5.69 Å². The van der Waals surface area contributed by atoms with Gasteiger partial charge in [-0.15, -0.1) is 0 Å². The van der Waals surface area contributed by atoms with Crippen molar-refractivity contribution in [1.82, 2.24) is 9.88 Å². The molecule has 0 bridgehead atoms. The summed E-state index contributed by atoms with van der Waals surface area (Å²) in [5.74, 6) is 0.931. The molecule has 1 saturated carbocycles. The first-order valence-electron chi connectivity index (χ1n) is 9.66. The lowest BCUT2D eigenvalue weighted by atomic mass is 9.88. The van der Waals surface area contributed by atoms with Crippen LogP contribution >= 0.6 is 11.6 Å². The average Bonchev–Trinajstić information content (AvgIpc) is 2.90. The zero-order valence-corrected chi connectivity index (χ0v) is 16.9. The molecule has 4 rings (SSSR count). The summed E-state index contributed by atoms with van der Waals surface area (Å²) in [6, 6.07) is 11.5. The largest absolute Gasteiger partial charge is 0.474 e. The minimum Gasteiger partial charge on any atom is -0.474 e. The highest BCUT2D eigenvalue weighted by molar-refractivity contribution is 6.30. The third-order valence-corrected chi connectivity index (χ3v) is 5.18. The van der Waals surface area contributed by atoms with E-state index in [2.05, 4.69) is 21.9 Å². The van der Waals surface area contributed by atoms with Gasteiger partial charge in [-0.2, -0.15) is 0 Å². The molecule has 5 nitrogen and oxygen atoms in total. The second-order valence-electron chi connectivity index (χ2n) is 7.24. The number of hydrogen-bond acceptors (Lipinski definition) is 5. The normalized spacial score (nSPS) is 21.6. The maximum atomic E-state index is 10.6. The molecule has 2 aromatic rings. The Morgan fingerprint density at radius 1 is 1.18 bits per heavy atom. The van der Waals surface area contributed by atoms with Crippen molar-refractivity contribution < 1.29 is 9.53 Å². The third-order valence-electron chi connectivity index (χ3n) is 4.94. The third kappa shape index (κ3) is 6.14. The number of nitrogens with zero attached hydrogens (tertiary/aromatic N) is 3. The summed E-state index contributed by atoms with van der Waals surface area (Å²) in [5.41, 5.74) is 2.23. The van der Waals surface area contributed by atoms with Crippen molar-refractivity contribution in [3.63, 3.8) is 0 Å². The molecule has 0 radical (unpaired) electrons. The fourth-order valence-corrected chi connectivity index (χ4v) is 3.57. The van der Waals surface area contributed by atoms with Crippen LogP contribution in [0.5, 0.6) is 5.88 Å². The molecule has 1 aliphatic carbocycles. The number of pyridine rings is 1. The molecular weight excluding hydrogens is 374 g/mol. The fourth-order valence-electron chi connectivity index (χ4n) is 3.37. The molecule has 0 atom stereocenters. The van der Waals surface area contributed by atoms with Gasteiger partial charge in [0, 0.05) is 42.5 Å². The summed E-state index contributed by atoms with van der Waals surface area (Å²) in [6.45, 7) is 1.81. The number of carbonyl (C=O) groups excluding carboxylic acids is 1. The van der Waals surface area contributed by atoms with Gasteiger partial charge in [-0.05, 0) is 62.6 Å². The Hall–Kier alpha value is -2.24. The Labute approximate surface area is 171 Å². The predicted molar refractivity (Wildman–Crippen MR) is 113 cm³/mol. The van der Waals surface area contributed by atoms with E-state index in [9.17, 15) is 4.79 Å². The van der Waals surface area contributed by atoms with Crippen LogP contribution in [-0.2, 0) is 11.3 Å². The van der Waals surface area contributed by atoms with E-state index < -0.39 is 0 Å². The number of aldehydes is 1. The lowest BCUT2D eigenvalue weighted by molar-refractivity contribution is -0.112. The van der Waals surface area contributed by atoms with Gasteiger partial charge < -0.3 is 9.53 Å². The molecule has 0 N–H and O–H groups in total. The van der Waals surface area contributed by atoms with Crippen LogP contribution in [0.15, 0.2) is 47.6 Å². The Kier molecular flexibility index (Phi) is 7.57. The number of aliphatic imine (C=N–C) groups is 1. The van der Waals surface area contributed by atoms with Crippen LogP contribution < -0.4 is 4.74 Å². The van der Waals surface area contributed by atoms with Crippen molar-refractivity contribution in [2.45, 2.75) is 38.3 Å². The van der Waals surface area contributed by atoms with Gasteiger partial charge >= 0.3 is 0 Å². The molecule has 1 aliphatic heterocycles. The number of benzene rings is 1. The van der Waals surface area contributed by atoms with E-state index >= 15 is 0 Å². The summed E-state index contributed by atoms with van der Waals surface area (Å²) < 4.78 is 5.72. The fraction of sp³-hybridized carbons (Fsp3) is 0.409. The van der Waals surface area contributed by atoms with Gasteiger partial charge in [0.1, 0.15) is 12.4 Å². The minimum atomic E-state index is 0.232. The number of rotatable bonds is 3.